The van der Waals surface area contributed by atoms with E-state index >= 15 is 0 Å². The zero-order valence-electron chi connectivity index (χ0n) is 11.2. The Labute approximate surface area is 112 Å². The number of carbonyl (C=O) groups excluding carboxylic acids is 2. The molecule has 0 radical (unpaired) electrons. The van der Waals surface area contributed by atoms with E-state index in [0.717, 1.165) is 6.42 Å². The molecule has 0 bridgehead atoms. The molecule has 2 rings (SSSR count). The summed E-state index contributed by atoms with van der Waals surface area (Å²) in [6, 6.07) is 0. The maximum atomic E-state index is 12.3. The van der Waals surface area contributed by atoms with E-state index in [1.807, 2.05) is 0 Å². The van der Waals surface area contributed by atoms with Gasteiger partial charge in [0.2, 0.25) is 11.8 Å². The van der Waals surface area contributed by atoms with Gasteiger partial charge in [0.05, 0.1) is 5.92 Å². The van der Waals surface area contributed by atoms with Gasteiger partial charge in [0, 0.05) is 39.0 Å². The molecule has 19 heavy (non-hydrogen) atoms. The predicted molar refractivity (Wildman–Crippen MR) is 67.3 cm³/mol. The summed E-state index contributed by atoms with van der Waals surface area (Å²) in [6.07, 6.45) is 2.29. The van der Waals surface area contributed by atoms with Crippen LogP contribution in [0.3, 0.4) is 0 Å². The first-order valence-electron chi connectivity index (χ1n) is 6.74. The fourth-order valence-corrected chi connectivity index (χ4v) is 2.79. The lowest BCUT2D eigenvalue weighted by molar-refractivity contribution is -0.149. The van der Waals surface area contributed by atoms with Gasteiger partial charge in [-0.1, -0.05) is 0 Å². The minimum absolute atomic E-state index is 0.00334. The Balaban J connectivity index is 1.96. The van der Waals surface area contributed by atoms with Crippen LogP contribution in [-0.4, -0.2) is 59.4 Å². The Kier molecular flexibility index (Phi) is 4.07. The maximum Gasteiger partial charge on any atom is 0.308 e. The number of likely N-dealkylation sites (tertiary alicyclic amines) is 2. The van der Waals surface area contributed by atoms with Gasteiger partial charge in [0.1, 0.15) is 0 Å². The largest absolute Gasteiger partial charge is 0.481 e. The van der Waals surface area contributed by atoms with E-state index < -0.39 is 11.9 Å². The Morgan fingerprint density at radius 1 is 1.21 bits per heavy atom. The summed E-state index contributed by atoms with van der Waals surface area (Å²) in [5, 5.41) is 9.03. The lowest BCUT2D eigenvalue weighted by atomic mass is 9.92. The van der Waals surface area contributed by atoms with Crippen molar-refractivity contribution in [2.75, 3.05) is 26.7 Å². The number of piperidine rings is 2. The quantitative estimate of drug-likeness (QED) is 0.775. The van der Waals surface area contributed by atoms with Gasteiger partial charge >= 0.3 is 5.97 Å². The molecular weight excluding hydrogens is 248 g/mol. The summed E-state index contributed by atoms with van der Waals surface area (Å²) in [6.45, 7) is 1.50. The molecule has 2 aliphatic heterocycles. The predicted octanol–water partition coefficient (Wildman–Crippen LogP) is 0.178. The molecule has 0 saturated carbocycles. The van der Waals surface area contributed by atoms with Crippen molar-refractivity contribution in [1.82, 2.24) is 9.80 Å². The van der Waals surface area contributed by atoms with Gasteiger partial charge in [0.15, 0.2) is 0 Å². The molecule has 1 N–H and O–H groups in total. The number of carbonyl (C=O) groups is 3. The van der Waals surface area contributed by atoms with Crippen molar-refractivity contribution in [3.8, 4) is 0 Å². The Hall–Kier alpha value is -1.59. The maximum absolute atomic E-state index is 12.3. The molecule has 0 aliphatic carbocycles. The van der Waals surface area contributed by atoms with Crippen molar-refractivity contribution < 1.29 is 19.5 Å². The minimum Gasteiger partial charge on any atom is -0.481 e. The highest BCUT2D eigenvalue weighted by atomic mass is 16.4. The number of hydrogen-bond acceptors (Lipinski definition) is 3. The number of hydrogen-bond donors (Lipinski definition) is 1. The number of carboxylic acids is 1. The fraction of sp³-hybridized carbons (Fsp3) is 0.769. The Morgan fingerprint density at radius 3 is 2.58 bits per heavy atom. The van der Waals surface area contributed by atoms with E-state index in [2.05, 4.69) is 0 Å². The summed E-state index contributed by atoms with van der Waals surface area (Å²) < 4.78 is 0. The van der Waals surface area contributed by atoms with Crippen molar-refractivity contribution in [3.63, 3.8) is 0 Å². The lowest BCUT2D eigenvalue weighted by Crippen LogP contribution is -2.48. The monoisotopic (exact) mass is 268 g/mol. The molecule has 2 amide bonds. The summed E-state index contributed by atoms with van der Waals surface area (Å²) >= 11 is 0. The second-order valence-electron chi connectivity index (χ2n) is 5.47. The van der Waals surface area contributed by atoms with Gasteiger partial charge in [-0.05, 0) is 19.3 Å². The highest BCUT2D eigenvalue weighted by molar-refractivity contribution is 5.87. The van der Waals surface area contributed by atoms with Crippen LogP contribution < -0.4 is 0 Å². The van der Waals surface area contributed by atoms with Gasteiger partial charge < -0.3 is 14.9 Å². The molecule has 2 saturated heterocycles. The lowest BCUT2D eigenvalue weighted by Gasteiger charge is -2.35. The van der Waals surface area contributed by atoms with Crippen LogP contribution in [0.4, 0.5) is 0 Å². The average Bonchev–Trinajstić information content (AvgIpc) is 2.41. The number of nitrogens with zero attached hydrogens (tertiary/aromatic N) is 2. The Morgan fingerprint density at radius 2 is 1.95 bits per heavy atom. The summed E-state index contributed by atoms with van der Waals surface area (Å²) in [4.78, 5) is 38.2. The zero-order valence-corrected chi connectivity index (χ0v) is 11.2. The standard InChI is InChI=1S/C13H20N2O4/c1-14-6-4-9(7-11(14)16)12(17)15-5-2-3-10(8-15)13(18)19/h9-10H,2-8H2,1H3,(H,18,19)/t9?,10-/m0/s1. The van der Waals surface area contributed by atoms with Crippen LogP contribution in [0, 0.1) is 11.8 Å². The normalized spacial score (nSPS) is 28.4. The third-order valence-electron chi connectivity index (χ3n) is 4.09. The molecule has 2 aliphatic rings. The second-order valence-corrected chi connectivity index (χ2v) is 5.47. The highest BCUT2D eigenvalue weighted by Gasteiger charge is 2.34. The molecule has 0 spiro atoms. The van der Waals surface area contributed by atoms with Crippen LogP contribution in [0.1, 0.15) is 25.7 Å². The molecular formula is C13H20N2O4. The molecule has 6 nitrogen and oxygen atoms in total. The third-order valence-corrected chi connectivity index (χ3v) is 4.09. The molecule has 0 aromatic heterocycles. The molecule has 0 aromatic carbocycles. The average molecular weight is 268 g/mol. The van der Waals surface area contributed by atoms with Crippen LogP contribution >= 0.6 is 0 Å². The SMILES string of the molecule is CN1CCC(C(=O)N2CCC[C@H](C(=O)O)C2)CC1=O. The third kappa shape index (κ3) is 3.05. The van der Waals surface area contributed by atoms with E-state index in [0.29, 0.717) is 25.9 Å². The first-order chi connectivity index (χ1) is 8.99. The van der Waals surface area contributed by atoms with Crippen LogP contribution in [-0.2, 0) is 14.4 Å². The van der Waals surface area contributed by atoms with Crippen LogP contribution in [0.15, 0.2) is 0 Å². The van der Waals surface area contributed by atoms with E-state index in [-0.39, 0.29) is 30.7 Å². The van der Waals surface area contributed by atoms with Crippen LogP contribution in [0.2, 0.25) is 0 Å². The van der Waals surface area contributed by atoms with Crippen molar-refractivity contribution in [3.05, 3.63) is 0 Å². The van der Waals surface area contributed by atoms with E-state index in [4.69, 9.17) is 5.11 Å². The Bertz CT molecular complexity index is 396. The highest BCUT2D eigenvalue weighted by Crippen LogP contribution is 2.23. The smallest absolute Gasteiger partial charge is 0.308 e. The molecule has 2 fully saturated rings. The van der Waals surface area contributed by atoms with Gasteiger partial charge in [0.25, 0.3) is 0 Å². The fourth-order valence-electron chi connectivity index (χ4n) is 2.79. The number of carboxylic acid groups (broad SMARTS) is 1. The topological polar surface area (TPSA) is 77.9 Å². The van der Waals surface area contributed by atoms with E-state index in [9.17, 15) is 14.4 Å². The van der Waals surface area contributed by atoms with Crippen molar-refractivity contribution >= 4 is 17.8 Å². The van der Waals surface area contributed by atoms with Crippen LogP contribution in [0.5, 0.6) is 0 Å². The van der Waals surface area contributed by atoms with E-state index in [1.54, 1.807) is 16.8 Å². The van der Waals surface area contributed by atoms with Crippen LogP contribution in [0.25, 0.3) is 0 Å². The number of amides is 2. The molecule has 106 valence electrons. The molecule has 0 aromatic rings. The van der Waals surface area contributed by atoms with Crippen molar-refractivity contribution in [1.29, 1.82) is 0 Å². The van der Waals surface area contributed by atoms with Gasteiger partial charge in [-0.2, -0.15) is 0 Å². The first kappa shape index (κ1) is 13.8. The molecule has 1 unspecified atom stereocenters. The van der Waals surface area contributed by atoms with Crippen molar-refractivity contribution in [2.45, 2.75) is 25.7 Å². The minimum atomic E-state index is -0.836. The molecule has 6 heteroatoms. The first-order valence-corrected chi connectivity index (χ1v) is 6.74. The summed E-state index contributed by atoms with van der Waals surface area (Å²) in [5.41, 5.74) is 0. The van der Waals surface area contributed by atoms with Gasteiger partial charge in [-0.25, -0.2) is 0 Å². The summed E-state index contributed by atoms with van der Waals surface area (Å²) in [7, 11) is 1.74. The van der Waals surface area contributed by atoms with Crippen molar-refractivity contribution in [2.24, 2.45) is 11.8 Å². The zero-order chi connectivity index (χ0) is 14.0. The molecule has 2 heterocycles. The van der Waals surface area contributed by atoms with Gasteiger partial charge in [-0.3, -0.25) is 14.4 Å². The number of aliphatic carboxylic acids is 1. The van der Waals surface area contributed by atoms with Gasteiger partial charge in [-0.15, -0.1) is 0 Å². The summed E-state index contributed by atoms with van der Waals surface area (Å²) in [5.74, 6) is -1.61. The number of rotatable bonds is 2. The second kappa shape index (κ2) is 5.59. The molecule has 2 atom stereocenters. The van der Waals surface area contributed by atoms with E-state index in [1.165, 1.54) is 0 Å².